The highest BCUT2D eigenvalue weighted by atomic mass is 16.6. The maximum absolute atomic E-state index is 11.5. The Morgan fingerprint density at radius 2 is 0.957 bits per heavy atom. The molecule has 0 spiro atoms. The lowest BCUT2D eigenvalue weighted by molar-refractivity contribution is -0.146. The Bertz CT molecular complexity index is 819. The minimum Gasteiger partial charge on any atom is -0.491 e. The summed E-state index contributed by atoms with van der Waals surface area (Å²) in [7, 11) is 0. The molecule has 266 valence electrons. The maximum Gasteiger partial charge on any atom is 0.305 e. The number of carbonyl (C=O) groups excluding carboxylic acids is 1. The molecule has 11 nitrogen and oxygen atoms in total. The highest BCUT2D eigenvalue weighted by Gasteiger charge is 2.04. The number of unbranched alkanes of at least 4 members (excludes halogenated alkanes) is 7. The molecule has 46 heavy (non-hydrogen) atoms. The van der Waals surface area contributed by atoms with E-state index >= 15 is 0 Å². The zero-order valence-corrected chi connectivity index (χ0v) is 28.2. The maximum atomic E-state index is 11.5. The summed E-state index contributed by atoms with van der Waals surface area (Å²) in [4.78, 5) is 21.9. The van der Waals surface area contributed by atoms with Gasteiger partial charge >= 0.3 is 11.9 Å². The summed E-state index contributed by atoms with van der Waals surface area (Å²) in [5.41, 5.74) is 1.37. The number of carboxylic acid groups (broad SMARTS) is 1. The van der Waals surface area contributed by atoms with E-state index in [1.165, 1.54) is 50.5 Å². The van der Waals surface area contributed by atoms with Gasteiger partial charge < -0.3 is 43.0 Å². The Morgan fingerprint density at radius 3 is 1.46 bits per heavy atom. The molecule has 0 radical (unpaired) electrons. The number of benzene rings is 1. The molecular weight excluding hydrogens is 596 g/mol. The van der Waals surface area contributed by atoms with Crippen LogP contribution in [0.2, 0.25) is 0 Å². The molecule has 0 aliphatic carbocycles. The van der Waals surface area contributed by atoms with Crippen LogP contribution in [-0.2, 0) is 49.2 Å². The number of esters is 1. The second-order valence-corrected chi connectivity index (χ2v) is 10.9. The largest absolute Gasteiger partial charge is 0.491 e. The van der Waals surface area contributed by atoms with Gasteiger partial charge in [0.1, 0.15) is 19.0 Å². The summed E-state index contributed by atoms with van der Waals surface area (Å²) < 4.78 is 43.6. The fourth-order valence-corrected chi connectivity index (χ4v) is 4.29. The van der Waals surface area contributed by atoms with E-state index in [1.54, 1.807) is 0 Å². The van der Waals surface area contributed by atoms with Crippen molar-refractivity contribution >= 4 is 11.9 Å². The number of hydrogen-bond acceptors (Lipinski definition) is 10. The normalized spacial score (nSPS) is 11.2. The summed E-state index contributed by atoms with van der Waals surface area (Å²) in [6.07, 6.45) is 11.7. The number of carboxylic acids is 1. The first-order chi connectivity index (χ1) is 22.6. The van der Waals surface area contributed by atoms with Crippen LogP contribution in [0.5, 0.6) is 5.75 Å². The summed E-state index contributed by atoms with van der Waals surface area (Å²) in [5.74, 6) is -0.323. The first-order valence-corrected chi connectivity index (χ1v) is 17.2. The molecule has 0 aliphatic heterocycles. The van der Waals surface area contributed by atoms with Gasteiger partial charge in [0.15, 0.2) is 0 Å². The predicted molar refractivity (Wildman–Crippen MR) is 176 cm³/mol. The van der Waals surface area contributed by atoms with Crippen LogP contribution in [0.15, 0.2) is 24.3 Å². The lowest BCUT2D eigenvalue weighted by atomic mass is 10.0. The third kappa shape index (κ3) is 29.1. The third-order valence-corrected chi connectivity index (χ3v) is 6.86. The molecule has 0 amide bonds. The van der Waals surface area contributed by atoms with E-state index in [0.29, 0.717) is 98.7 Å². The van der Waals surface area contributed by atoms with Crippen molar-refractivity contribution in [2.45, 2.75) is 84.0 Å². The Labute approximate surface area is 276 Å². The number of rotatable bonds is 35. The van der Waals surface area contributed by atoms with Crippen LogP contribution in [0.3, 0.4) is 0 Å². The molecule has 11 heteroatoms. The van der Waals surface area contributed by atoms with Gasteiger partial charge in [0.25, 0.3) is 0 Å². The average molecular weight is 657 g/mol. The standard InChI is InChI=1S/C35H60O11/c1-2-3-4-5-6-7-8-11-32-14-16-33(17-15-32)45-30-28-43-26-24-41-22-20-39-18-19-40-21-23-42-25-27-44-29-31-46-35(38)13-10-9-12-34(36)37/h14-17H,2-13,18-31H2,1H3,(H,36,37). The fourth-order valence-electron chi connectivity index (χ4n) is 4.29. The first-order valence-electron chi connectivity index (χ1n) is 17.2. The van der Waals surface area contributed by atoms with Crippen molar-refractivity contribution in [2.75, 3.05) is 92.5 Å². The van der Waals surface area contributed by atoms with Gasteiger partial charge in [0.05, 0.1) is 79.3 Å². The molecule has 0 saturated carbocycles. The van der Waals surface area contributed by atoms with E-state index in [-0.39, 0.29) is 25.4 Å². The molecule has 0 aromatic heterocycles. The second kappa shape index (κ2) is 32.7. The van der Waals surface area contributed by atoms with Gasteiger partial charge in [-0.25, -0.2) is 0 Å². The van der Waals surface area contributed by atoms with E-state index in [9.17, 15) is 9.59 Å². The zero-order valence-electron chi connectivity index (χ0n) is 28.2. The zero-order chi connectivity index (χ0) is 33.2. The summed E-state index contributed by atoms with van der Waals surface area (Å²) in [6.45, 7) is 8.46. The second-order valence-electron chi connectivity index (χ2n) is 10.9. The van der Waals surface area contributed by atoms with Crippen LogP contribution >= 0.6 is 0 Å². The molecule has 0 fully saturated rings. The monoisotopic (exact) mass is 656 g/mol. The van der Waals surface area contributed by atoms with Gasteiger partial charge in [-0.05, 0) is 43.4 Å². The first kappa shape index (κ1) is 41.7. The van der Waals surface area contributed by atoms with Gasteiger partial charge in [-0.3, -0.25) is 9.59 Å². The van der Waals surface area contributed by atoms with Gasteiger partial charge in [0, 0.05) is 12.8 Å². The number of carbonyl (C=O) groups is 2. The van der Waals surface area contributed by atoms with Crippen LogP contribution < -0.4 is 4.74 Å². The molecule has 0 bridgehead atoms. The number of aryl methyl sites for hydroxylation is 1. The van der Waals surface area contributed by atoms with Crippen molar-refractivity contribution in [3.05, 3.63) is 29.8 Å². The van der Waals surface area contributed by atoms with E-state index < -0.39 is 5.97 Å². The van der Waals surface area contributed by atoms with Crippen molar-refractivity contribution in [1.82, 2.24) is 0 Å². The smallest absolute Gasteiger partial charge is 0.305 e. The highest BCUT2D eigenvalue weighted by molar-refractivity contribution is 5.69. The summed E-state index contributed by atoms with van der Waals surface area (Å²) in [6, 6.07) is 8.41. The van der Waals surface area contributed by atoms with Crippen molar-refractivity contribution in [3.63, 3.8) is 0 Å². The minimum absolute atomic E-state index is 0.0648. The van der Waals surface area contributed by atoms with Crippen molar-refractivity contribution in [2.24, 2.45) is 0 Å². The minimum atomic E-state index is -0.858. The van der Waals surface area contributed by atoms with Crippen molar-refractivity contribution in [3.8, 4) is 5.75 Å². The molecule has 0 unspecified atom stereocenters. The molecule has 0 heterocycles. The van der Waals surface area contributed by atoms with Gasteiger partial charge in [-0.1, -0.05) is 57.6 Å². The molecule has 0 aliphatic rings. The molecule has 1 aromatic rings. The lowest BCUT2D eigenvalue weighted by Gasteiger charge is -2.09. The SMILES string of the molecule is CCCCCCCCCc1ccc(OCCOCCOCCOCCOCCOCCOCCOC(=O)CCCCC(=O)O)cc1. The number of hydrogen-bond donors (Lipinski definition) is 1. The van der Waals surface area contributed by atoms with E-state index in [2.05, 4.69) is 19.1 Å². The predicted octanol–water partition coefficient (Wildman–Crippen LogP) is 5.65. The fraction of sp³-hybridized carbons (Fsp3) is 0.771. The molecule has 1 aromatic carbocycles. The number of ether oxygens (including phenoxy) is 8. The summed E-state index contributed by atoms with van der Waals surface area (Å²) >= 11 is 0. The van der Waals surface area contributed by atoms with Gasteiger partial charge in [0.2, 0.25) is 0 Å². The van der Waals surface area contributed by atoms with Crippen LogP contribution in [-0.4, -0.2) is 110 Å². The third-order valence-electron chi connectivity index (χ3n) is 6.86. The lowest BCUT2D eigenvalue weighted by Crippen LogP contribution is -2.15. The number of aliphatic carboxylic acids is 1. The Morgan fingerprint density at radius 1 is 0.522 bits per heavy atom. The Balaban J connectivity index is 1.75. The quantitative estimate of drug-likeness (QED) is 0.0720. The van der Waals surface area contributed by atoms with E-state index in [1.807, 2.05) is 12.1 Å². The Hall–Kier alpha value is -2.28. The molecular formula is C35H60O11. The van der Waals surface area contributed by atoms with Crippen LogP contribution in [0.1, 0.15) is 83.1 Å². The molecule has 1 rings (SSSR count). The van der Waals surface area contributed by atoms with E-state index in [4.69, 9.17) is 43.0 Å². The topological polar surface area (TPSA) is 128 Å². The molecule has 0 atom stereocenters. The van der Waals surface area contributed by atoms with Crippen molar-refractivity contribution < 1.29 is 52.6 Å². The van der Waals surface area contributed by atoms with Gasteiger partial charge in [-0.15, -0.1) is 0 Å². The van der Waals surface area contributed by atoms with Crippen molar-refractivity contribution in [1.29, 1.82) is 0 Å². The van der Waals surface area contributed by atoms with Gasteiger partial charge in [-0.2, -0.15) is 0 Å². The molecule has 0 saturated heterocycles. The van der Waals surface area contributed by atoms with Crippen LogP contribution in [0, 0.1) is 0 Å². The Kier molecular flexibility index (Phi) is 29.6. The van der Waals surface area contributed by atoms with Crippen LogP contribution in [0.4, 0.5) is 0 Å². The average Bonchev–Trinajstić information content (AvgIpc) is 3.05. The summed E-state index contributed by atoms with van der Waals surface area (Å²) in [5, 5.41) is 8.55. The van der Waals surface area contributed by atoms with Crippen LogP contribution in [0.25, 0.3) is 0 Å². The highest BCUT2D eigenvalue weighted by Crippen LogP contribution is 2.15. The molecule has 1 N–H and O–H groups in total. The van der Waals surface area contributed by atoms with E-state index in [0.717, 1.165) is 12.2 Å².